The normalized spacial score (nSPS) is 12.4. The summed E-state index contributed by atoms with van der Waals surface area (Å²) in [7, 11) is 3.26. The van der Waals surface area contributed by atoms with Crippen LogP contribution in [0, 0.1) is 0 Å². The van der Waals surface area contributed by atoms with E-state index in [4.69, 9.17) is 23.7 Å². The quantitative estimate of drug-likeness (QED) is 0.196. The predicted molar refractivity (Wildman–Crippen MR) is 128 cm³/mol. The maximum atomic E-state index is 12.2. The van der Waals surface area contributed by atoms with Crippen LogP contribution in [-0.2, 0) is 32.2 Å². The van der Waals surface area contributed by atoms with Crippen LogP contribution in [0.15, 0.2) is 73.8 Å². The van der Waals surface area contributed by atoms with Crippen molar-refractivity contribution in [3.05, 3.63) is 85.0 Å². The SMILES string of the molecule is C=C[C@H](CC(=O)OCCC[C@H](C=C)OCc1ccc(OC)cc1)OCc1ccc(OC)cc1. The van der Waals surface area contributed by atoms with Gasteiger partial charge in [0.15, 0.2) is 0 Å². The van der Waals surface area contributed by atoms with E-state index in [2.05, 4.69) is 13.2 Å². The van der Waals surface area contributed by atoms with Crippen molar-refractivity contribution in [1.29, 1.82) is 0 Å². The van der Waals surface area contributed by atoms with Crippen LogP contribution in [0.3, 0.4) is 0 Å². The fourth-order valence-corrected chi connectivity index (χ4v) is 3.02. The maximum Gasteiger partial charge on any atom is 0.308 e. The monoisotopic (exact) mass is 454 g/mol. The second kappa shape index (κ2) is 14.9. The second-order valence-electron chi connectivity index (χ2n) is 7.43. The van der Waals surface area contributed by atoms with Gasteiger partial charge >= 0.3 is 5.97 Å². The van der Waals surface area contributed by atoms with Gasteiger partial charge in [-0.2, -0.15) is 0 Å². The van der Waals surface area contributed by atoms with Gasteiger partial charge in [0.05, 0.1) is 52.7 Å². The van der Waals surface area contributed by atoms with Gasteiger partial charge in [-0.25, -0.2) is 0 Å². The number of ether oxygens (including phenoxy) is 5. The average molecular weight is 455 g/mol. The minimum absolute atomic E-state index is 0.112. The molecule has 0 aliphatic heterocycles. The van der Waals surface area contributed by atoms with Crippen LogP contribution < -0.4 is 9.47 Å². The van der Waals surface area contributed by atoms with Gasteiger partial charge < -0.3 is 23.7 Å². The summed E-state index contributed by atoms with van der Waals surface area (Å²) in [6.45, 7) is 8.76. The molecule has 0 heterocycles. The third-order valence-electron chi connectivity index (χ3n) is 5.04. The minimum Gasteiger partial charge on any atom is -0.497 e. The zero-order chi connectivity index (χ0) is 23.9. The molecular weight excluding hydrogens is 420 g/mol. The molecule has 2 aromatic rings. The lowest BCUT2D eigenvalue weighted by Crippen LogP contribution is -2.18. The van der Waals surface area contributed by atoms with Crippen molar-refractivity contribution in [3.63, 3.8) is 0 Å². The zero-order valence-electron chi connectivity index (χ0n) is 19.5. The molecule has 178 valence electrons. The van der Waals surface area contributed by atoms with Crippen molar-refractivity contribution in [2.24, 2.45) is 0 Å². The van der Waals surface area contributed by atoms with Crippen LogP contribution >= 0.6 is 0 Å². The highest BCUT2D eigenvalue weighted by Crippen LogP contribution is 2.15. The molecule has 0 N–H and O–H groups in total. The molecule has 0 aliphatic rings. The molecule has 2 rings (SSSR count). The molecular formula is C27H34O6. The summed E-state index contributed by atoms with van der Waals surface area (Å²) in [5, 5.41) is 0. The minimum atomic E-state index is -0.409. The molecule has 2 atom stereocenters. The second-order valence-corrected chi connectivity index (χ2v) is 7.43. The molecule has 0 unspecified atom stereocenters. The standard InChI is InChI=1S/C27H34O6/c1-5-23(32-19-21-9-13-25(29-3)14-10-21)8-7-17-31-27(28)18-24(6-2)33-20-22-11-15-26(30-4)16-12-22/h5-6,9-16,23-24H,1-2,7-8,17-20H2,3-4H3/t23-,24+/m0/s1. The number of carbonyl (C=O) groups is 1. The Bertz CT molecular complexity index is 844. The molecule has 2 aromatic carbocycles. The number of carbonyl (C=O) groups excluding carboxylic acids is 1. The Morgan fingerprint density at radius 3 is 1.76 bits per heavy atom. The lowest BCUT2D eigenvalue weighted by molar-refractivity contribution is -0.146. The van der Waals surface area contributed by atoms with Crippen LogP contribution in [0.4, 0.5) is 0 Å². The van der Waals surface area contributed by atoms with Gasteiger partial charge in [0, 0.05) is 0 Å². The van der Waals surface area contributed by atoms with Crippen LogP contribution in [-0.4, -0.2) is 39.0 Å². The van der Waals surface area contributed by atoms with Crippen molar-refractivity contribution in [2.45, 2.75) is 44.7 Å². The summed E-state index contributed by atoms with van der Waals surface area (Å²) in [5.41, 5.74) is 2.04. The van der Waals surface area contributed by atoms with Crippen molar-refractivity contribution in [2.75, 3.05) is 20.8 Å². The van der Waals surface area contributed by atoms with Crippen molar-refractivity contribution >= 4 is 5.97 Å². The Morgan fingerprint density at radius 2 is 1.30 bits per heavy atom. The number of esters is 1. The topological polar surface area (TPSA) is 63.2 Å². The van der Waals surface area contributed by atoms with E-state index in [1.807, 2.05) is 48.5 Å². The first-order valence-electron chi connectivity index (χ1n) is 11.0. The summed E-state index contributed by atoms with van der Waals surface area (Å²) in [6.07, 6.45) is 4.38. The molecule has 0 spiro atoms. The van der Waals surface area contributed by atoms with E-state index in [1.54, 1.807) is 26.4 Å². The van der Waals surface area contributed by atoms with E-state index < -0.39 is 6.10 Å². The highest BCUT2D eigenvalue weighted by molar-refractivity contribution is 5.70. The Morgan fingerprint density at radius 1 is 0.818 bits per heavy atom. The largest absolute Gasteiger partial charge is 0.497 e. The van der Waals surface area contributed by atoms with Gasteiger partial charge in [0.25, 0.3) is 0 Å². The molecule has 0 saturated carbocycles. The van der Waals surface area contributed by atoms with E-state index >= 15 is 0 Å². The molecule has 0 aliphatic carbocycles. The maximum absolute atomic E-state index is 12.2. The molecule has 0 radical (unpaired) electrons. The van der Waals surface area contributed by atoms with Gasteiger partial charge in [-0.1, -0.05) is 36.4 Å². The summed E-state index contributed by atoms with van der Waals surface area (Å²) >= 11 is 0. The first-order valence-corrected chi connectivity index (χ1v) is 11.0. The Kier molecular flexibility index (Phi) is 11.8. The van der Waals surface area contributed by atoms with Crippen molar-refractivity contribution < 1.29 is 28.5 Å². The molecule has 0 amide bonds. The summed E-state index contributed by atoms with van der Waals surface area (Å²) in [5.74, 6) is 1.28. The van der Waals surface area contributed by atoms with Gasteiger partial charge in [0.2, 0.25) is 0 Å². The fraction of sp³-hybridized carbons (Fsp3) is 0.370. The fourth-order valence-electron chi connectivity index (χ4n) is 3.02. The van der Waals surface area contributed by atoms with Crippen LogP contribution in [0.25, 0.3) is 0 Å². The molecule has 0 saturated heterocycles. The third-order valence-corrected chi connectivity index (χ3v) is 5.04. The van der Waals surface area contributed by atoms with E-state index in [0.717, 1.165) is 22.6 Å². The van der Waals surface area contributed by atoms with Crippen LogP contribution in [0.2, 0.25) is 0 Å². The van der Waals surface area contributed by atoms with E-state index in [9.17, 15) is 4.79 Å². The molecule has 6 heteroatoms. The number of benzene rings is 2. The summed E-state index contributed by atoms with van der Waals surface area (Å²) in [4.78, 5) is 12.2. The van der Waals surface area contributed by atoms with Gasteiger partial charge in [0.1, 0.15) is 11.5 Å². The Labute approximate surface area is 196 Å². The highest BCUT2D eigenvalue weighted by Gasteiger charge is 2.13. The molecule has 0 aromatic heterocycles. The Hall–Kier alpha value is -3.09. The first kappa shape index (κ1) is 26.2. The summed E-state index contributed by atoms with van der Waals surface area (Å²) < 4.78 is 27.3. The number of methoxy groups -OCH3 is 2. The number of rotatable bonds is 16. The predicted octanol–water partition coefficient (Wildman–Crippen LogP) is 5.26. The lowest BCUT2D eigenvalue weighted by atomic mass is 10.2. The molecule has 0 fully saturated rings. The zero-order valence-corrected chi connectivity index (χ0v) is 19.5. The highest BCUT2D eigenvalue weighted by atomic mass is 16.5. The first-order chi connectivity index (χ1) is 16.1. The van der Waals surface area contributed by atoms with Gasteiger partial charge in [-0.3, -0.25) is 4.79 Å². The van der Waals surface area contributed by atoms with E-state index in [-0.39, 0.29) is 18.5 Å². The number of hydrogen-bond acceptors (Lipinski definition) is 6. The Balaban J connectivity index is 1.63. The van der Waals surface area contributed by atoms with E-state index in [0.29, 0.717) is 32.7 Å². The van der Waals surface area contributed by atoms with Crippen LogP contribution in [0.1, 0.15) is 30.4 Å². The third kappa shape index (κ3) is 9.93. The molecule has 0 bridgehead atoms. The summed E-state index contributed by atoms with van der Waals surface area (Å²) in [6, 6.07) is 15.3. The van der Waals surface area contributed by atoms with Crippen molar-refractivity contribution in [1.82, 2.24) is 0 Å². The van der Waals surface area contributed by atoms with Gasteiger partial charge in [-0.05, 0) is 48.2 Å². The van der Waals surface area contributed by atoms with Gasteiger partial charge in [-0.15, -0.1) is 13.2 Å². The lowest BCUT2D eigenvalue weighted by Gasteiger charge is -2.15. The molecule has 6 nitrogen and oxygen atoms in total. The smallest absolute Gasteiger partial charge is 0.308 e. The van der Waals surface area contributed by atoms with Crippen LogP contribution in [0.5, 0.6) is 11.5 Å². The van der Waals surface area contributed by atoms with Crippen molar-refractivity contribution in [3.8, 4) is 11.5 Å². The molecule has 33 heavy (non-hydrogen) atoms. The number of hydrogen-bond donors (Lipinski definition) is 0. The van der Waals surface area contributed by atoms with E-state index in [1.165, 1.54) is 0 Å². The average Bonchev–Trinajstić information content (AvgIpc) is 2.86.